The van der Waals surface area contributed by atoms with Gasteiger partial charge in [0.2, 0.25) is 0 Å². The summed E-state index contributed by atoms with van der Waals surface area (Å²) in [5, 5.41) is 19.2. The summed E-state index contributed by atoms with van der Waals surface area (Å²) in [5.41, 5.74) is 1.96. The molecule has 3 aromatic heterocycles. The van der Waals surface area contributed by atoms with Crippen LogP contribution in [0.25, 0.3) is 17.0 Å². The van der Waals surface area contributed by atoms with Crippen molar-refractivity contribution in [2.45, 2.75) is 6.04 Å². The van der Waals surface area contributed by atoms with Crippen molar-refractivity contribution in [2.24, 2.45) is 0 Å². The SMILES string of the molecule is Fc1ccccc1-c1nnc2ccc(NC(c3ccccc3)c3nccs3)nn12. The smallest absolute Gasteiger partial charge is 0.188 e. The summed E-state index contributed by atoms with van der Waals surface area (Å²) in [5.74, 6) is 0.595. The molecule has 29 heavy (non-hydrogen) atoms. The van der Waals surface area contributed by atoms with E-state index in [1.807, 2.05) is 41.8 Å². The summed E-state index contributed by atoms with van der Waals surface area (Å²) in [7, 11) is 0. The molecule has 0 spiro atoms. The van der Waals surface area contributed by atoms with Crippen LogP contribution in [0.1, 0.15) is 16.6 Å². The summed E-state index contributed by atoms with van der Waals surface area (Å²) in [6, 6.07) is 20.0. The molecule has 8 heteroatoms. The van der Waals surface area contributed by atoms with E-state index >= 15 is 0 Å². The Morgan fingerprint density at radius 1 is 0.931 bits per heavy atom. The number of hydrogen-bond acceptors (Lipinski definition) is 6. The van der Waals surface area contributed by atoms with Gasteiger partial charge in [-0.3, -0.25) is 0 Å². The van der Waals surface area contributed by atoms with Crippen molar-refractivity contribution in [2.75, 3.05) is 5.32 Å². The molecular formula is C21H15FN6S. The maximum absolute atomic E-state index is 14.3. The average Bonchev–Trinajstić information content (AvgIpc) is 3.43. The number of aromatic nitrogens is 5. The van der Waals surface area contributed by atoms with Crippen LogP contribution in [0.4, 0.5) is 10.2 Å². The zero-order valence-electron chi connectivity index (χ0n) is 15.1. The molecule has 142 valence electrons. The number of nitrogens with zero attached hydrogens (tertiary/aromatic N) is 5. The molecule has 0 saturated carbocycles. The Morgan fingerprint density at radius 2 is 1.76 bits per heavy atom. The van der Waals surface area contributed by atoms with Crippen LogP contribution in [0.5, 0.6) is 0 Å². The third-order valence-electron chi connectivity index (χ3n) is 4.50. The van der Waals surface area contributed by atoms with E-state index in [4.69, 9.17) is 0 Å². The fourth-order valence-electron chi connectivity index (χ4n) is 3.13. The summed E-state index contributed by atoms with van der Waals surface area (Å²) < 4.78 is 15.8. The molecule has 0 aliphatic heterocycles. The number of thiazole rings is 1. The first-order valence-electron chi connectivity index (χ1n) is 8.98. The van der Waals surface area contributed by atoms with Gasteiger partial charge >= 0.3 is 0 Å². The van der Waals surface area contributed by atoms with Crippen molar-refractivity contribution in [3.05, 3.63) is 94.7 Å². The van der Waals surface area contributed by atoms with Crippen molar-refractivity contribution >= 4 is 22.8 Å². The van der Waals surface area contributed by atoms with Crippen LogP contribution in [-0.2, 0) is 0 Å². The van der Waals surface area contributed by atoms with Crippen LogP contribution in [0.2, 0.25) is 0 Å². The third kappa shape index (κ3) is 3.34. The Labute approximate surface area is 169 Å². The number of nitrogens with one attached hydrogen (secondary N) is 1. The van der Waals surface area contributed by atoms with E-state index in [0.29, 0.717) is 22.9 Å². The maximum atomic E-state index is 14.3. The van der Waals surface area contributed by atoms with Crippen LogP contribution >= 0.6 is 11.3 Å². The van der Waals surface area contributed by atoms with Crippen LogP contribution in [0.15, 0.2) is 78.3 Å². The number of halogens is 1. The molecule has 0 aliphatic carbocycles. The summed E-state index contributed by atoms with van der Waals surface area (Å²) in [6.45, 7) is 0. The van der Waals surface area contributed by atoms with Crippen LogP contribution in [-0.4, -0.2) is 24.8 Å². The second-order valence-corrected chi connectivity index (χ2v) is 7.28. The number of anilines is 1. The van der Waals surface area contributed by atoms with Crippen molar-refractivity contribution in [1.29, 1.82) is 0 Å². The summed E-state index contributed by atoms with van der Waals surface area (Å²) in [6.07, 6.45) is 1.78. The van der Waals surface area contributed by atoms with Crippen LogP contribution < -0.4 is 5.32 Å². The molecule has 5 aromatic rings. The molecule has 0 fully saturated rings. The van der Waals surface area contributed by atoms with Gasteiger partial charge in [0.05, 0.1) is 5.56 Å². The fraction of sp³-hybridized carbons (Fsp3) is 0.0476. The molecule has 6 nitrogen and oxygen atoms in total. The van der Waals surface area contributed by atoms with Gasteiger partial charge in [-0.25, -0.2) is 9.37 Å². The number of benzene rings is 2. The number of hydrogen-bond donors (Lipinski definition) is 1. The Hall–Kier alpha value is -3.65. The first-order valence-corrected chi connectivity index (χ1v) is 9.86. The lowest BCUT2D eigenvalue weighted by molar-refractivity contribution is 0.629. The minimum atomic E-state index is -0.369. The number of fused-ring (bicyclic) bond motifs is 1. The lowest BCUT2D eigenvalue weighted by Gasteiger charge is -2.17. The highest BCUT2D eigenvalue weighted by molar-refractivity contribution is 7.09. The Balaban J connectivity index is 1.56. The Kier molecular flexibility index (Phi) is 4.45. The first kappa shape index (κ1) is 17.4. The molecular weight excluding hydrogens is 387 g/mol. The van der Waals surface area contributed by atoms with E-state index in [0.717, 1.165) is 10.6 Å². The van der Waals surface area contributed by atoms with Gasteiger partial charge in [0, 0.05) is 11.6 Å². The number of rotatable bonds is 5. The normalized spacial score (nSPS) is 12.2. The second-order valence-electron chi connectivity index (χ2n) is 6.35. The zero-order valence-corrected chi connectivity index (χ0v) is 15.9. The molecule has 1 N–H and O–H groups in total. The molecule has 2 aromatic carbocycles. The third-order valence-corrected chi connectivity index (χ3v) is 5.34. The molecule has 1 unspecified atom stereocenters. The van der Waals surface area contributed by atoms with Gasteiger partial charge in [-0.05, 0) is 29.8 Å². The molecule has 0 aliphatic rings. The molecule has 0 saturated heterocycles. The van der Waals surface area contributed by atoms with E-state index in [1.54, 1.807) is 46.3 Å². The van der Waals surface area contributed by atoms with Gasteiger partial charge < -0.3 is 5.32 Å². The highest BCUT2D eigenvalue weighted by Gasteiger charge is 2.19. The van der Waals surface area contributed by atoms with E-state index in [9.17, 15) is 4.39 Å². The lowest BCUT2D eigenvalue weighted by Crippen LogP contribution is -2.14. The lowest BCUT2D eigenvalue weighted by atomic mass is 10.1. The molecule has 1 atom stereocenters. The van der Waals surface area contributed by atoms with Gasteiger partial charge in [-0.1, -0.05) is 42.5 Å². The second kappa shape index (κ2) is 7.40. The maximum Gasteiger partial charge on any atom is 0.188 e. The molecule has 0 amide bonds. The Morgan fingerprint density at radius 3 is 2.55 bits per heavy atom. The fourth-order valence-corrected chi connectivity index (χ4v) is 3.85. The van der Waals surface area contributed by atoms with Crippen LogP contribution in [0.3, 0.4) is 0 Å². The van der Waals surface area contributed by atoms with E-state index in [-0.39, 0.29) is 11.9 Å². The minimum Gasteiger partial charge on any atom is -0.355 e. The van der Waals surface area contributed by atoms with Gasteiger partial charge in [0.1, 0.15) is 22.7 Å². The standard InChI is InChI=1S/C21H15FN6S/c22-16-9-5-4-8-15(16)20-26-25-18-11-10-17(27-28(18)20)24-19(21-23-12-13-29-21)14-6-2-1-3-7-14/h1-13,19H,(H,24,27). The monoisotopic (exact) mass is 402 g/mol. The highest BCUT2D eigenvalue weighted by Crippen LogP contribution is 2.28. The minimum absolute atomic E-state index is 0.158. The van der Waals surface area contributed by atoms with Crippen molar-refractivity contribution < 1.29 is 4.39 Å². The van der Waals surface area contributed by atoms with E-state index in [1.165, 1.54) is 6.07 Å². The van der Waals surface area contributed by atoms with E-state index in [2.05, 4.69) is 25.6 Å². The molecule has 0 radical (unpaired) electrons. The van der Waals surface area contributed by atoms with Crippen molar-refractivity contribution in [1.82, 2.24) is 24.8 Å². The highest BCUT2D eigenvalue weighted by atomic mass is 32.1. The quantitative estimate of drug-likeness (QED) is 0.466. The largest absolute Gasteiger partial charge is 0.355 e. The molecule has 5 rings (SSSR count). The Bertz CT molecular complexity index is 1250. The van der Waals surface area contributed by atoms with Gasteiger partial charge in [-0.15, -0.1) is 26.6 Å². The first-order chi connectivity index (χ1) is 14.3. The van der Waals surface area contributed by atoms with E-state index < -0.39 is 0 Å². The summed E-state index contributed by atoms with van der Waals surface area (Å²) in [4.78, 5) is 4.47. The molecule has 3 heterocycles. The topological polar surface area (TPSA) is 68.0 Å². The average molecular weight is 402 g/mol. The van der Waals surface area contributed by atoms with Gasteiger partial charge in [0.15, 0.2) is 11.5 Å². The predicted molar refractivity (Wildman–Crippen MR) is 110 cm³/mol. The van der Waals surface area contributed by atoms with Gasteiger partial charge in [-0.2, -0.15) is 4.52 Å². The van der Waals surface area contributed by atoms with Gasteiger partial charge in [0.25, 0.3) is 0 Å². The summed E-state index contributed by atoms with van der Waals surface area (Å²) >= 11 is 1.57. The molecule has 0 bridgehead atoms. The zero-order chi connectivity index (χ0) is 19.6. The predicted octanol–water partition coefficient (Wildman–Crippen LogP) is 4.59. The van der Waals surface area contributed by atoms with Crippen molar-refractivity contribution in [3.8, 4) is 11.4 Å². The van der Waals surface area contributed by atoms with Crippen molar-refractivity contribution in [3.63, 3.8) is 0 Å². The van der Waals surface area contributed by atoms with Crippen LogP contribution in [0, 0.1) is 5.82 Å².